The Balaban J connectivity index is 1.58. The quantitative estimate of drug-likeness (QED) is 0.750. The first kappa shape index (κ1) is 16.7. The highest BCUT2D eigenvalue weighted by Gasteiger charge is 2.07. The normalized spacial score (nSPS) is 10.3. The van der Waals surface area contributed by atoms with E-state index in [2.05, 4.69) is 22.4 Å². The molecule has 4 heteroatoms. The first-order valence-corrected chi connectivity index (χ1v) is 8.15. The van der Waals surface area contributed by atoms with E-state index in [0.717, 1.165) is 16.7 Å². The van der Waals surface area contributed by atoms with Gasteiger partial charge in [0.15, 0.2) is 0 Å². The van der Waals surface area contributed by atoms with Gasteiger partial charge >= 0.3 is 0 Å². The first-order chi connectivity index (χ1) is 12.3. The molecule has 4 nitrogen and oxygen atoms in total. The molecule has 0 fully saturated rings. The fourth-order valence-corrected chi connectivity index (χ4v) is 2.63. The van der Waals surface area contributed by atoms with E-state index in [0.29, 0.717) is 18.8 Å². The van der Waals surface area contributed by atoms with E-state index in [4.69, 9.17) is 4.74 Å². The van der Waals surface area contributed by atoms with Crippen molar-refractivity contribution in [3.8, 4) is 17.0 Å². The van der Waals surface area contributed by atoms with E-state index in [1.54, 1.807) is 13.3 Å². The Labute approximate surface area is 147 Å². The maximum absolute atomic E-state index is 12.2. The Morgan fingerprint density at radius 2 is 1.68 bits per heavy atom. The van der Waals surface area contributed by atoms with Crippen molar-refractivity contribution in [1.82, 2.24) is 10.3 Å². The molecule has 0 atom stereocenters. The van der Waals surface area contributed by atoms with Gasteiger partial charge in [-0.25, -0.2) is 4.98 Å². The number of ether oxygens (including phenoxy) is 1. The summed E-state index contributed by atoms with van der Waals surface area (Å²) in [6.45, 7) is 0.401. The molecule has 0 bridgehead atoms. The average molecular weight is 332 g/mol. The molecule has 0 aliphatic rings. The number of hydrogen-bond donors (Lipinski definition) is 1. The highest BCUT2D eigenvalue weighted by atomic mass is 16.5. The Morgan fingerprint density at radius 1 is 0.960 bits per heavy atom. The fourth-order valence-electron chi connectivity index (χ4n) is 2.63. The van der Waals surface area contributed by atoms with Crippen molar-refractivity contribution in [3.63, 3.8) is 0 Å². The zero-order valence-electron chi connectivity index (χ0n) is 14.1. The predicted molar refractivity (Wildman–Crippen MR) is 98.2 cm³/mol. The SMILES string of the molecule is COc1ncccc1CNC(=O)Cc1ccc(-c2ccccc2)cc1. The summed E-state index contributed by atoms with van der Waals surface area (Å²) in [6.07, 6.45) is 2.01. The number of hydrogen-bond acceptors (Lipinski definition) is 3. The van der Waals surface area contributed by atoms with E-state index in [-0.39, 0.29) is 5.91 Å². The van der Waals surface area contributed by atoms with Crippen LogP contribution in [-0.2, 0) is 17.8 Å². The molecule has 0 unspecified atom stereocenters. The molecular formula is C21H20N2O2. The second kappa shape index (κ2) is 8.11. The summed E-state index contributed by atoms with van der Waals surface area (Å²) in [5, 5.41) is 2.91. The average Bonchev–Trinajstić information content (AvgIpc) is 2.68. The molecule has 3 rings (SSSR count). The minimum atomic E-state index is -0.0293. The topological polar surface area (TPSA) is 51.2 Å². The molecule has 0 spiro atoms. The number of aromatic nitrogens is 1. The van der Waals surface area contributed by atoms with Gasteiger partial charge in [-0.3, -0.25) is 4.79 Å². The van der Waals surface area contributed by atoms with Gasteiger partial charge in [0.1, 0.15) is 0 Å². The van der Waals surface area contributed by atoms with Crippen molar-refractivity contribution >= 4 is 5.91 Å². The van der Waals surface area contributed by atoms with E-state index in [9.17, 15) is 4.79 Å². The smallest absolute Gasteiger partial charge is 0.224 e. The van der Waals surface area contributed by atoms with Gasteiger partial charge in [-0.05, 0) is 22.8 Å². The van der Waals surface area contributed by atoms with Gasteiger partial charge in [0.25, 0.3) is 0 Å². The lowest BCUT2D eigenvalue weighted by Gasteiger charge is -2.09. The molecule has 0 saturated heterocycles. The molecule has 2 aromatic carbocycles. The molecule has 1 heterocycles. The number of methoxy groups -OCH3 is 1. The molecule has 25 heavy (non-hydrogen) atoms. The number of nitrogens with zero attached hydrogens (tertiary/aromatic N) is 1. The van der Waals surface area contributed by atoms with Crippen LogP contribution in [0.1, 0.15) is 11.1 Å². The first-order valence-electron chi connectivity index (χ1n) is 8.15. The lowest BCUT2D eigenvalue weighted by molar-refractivity contribution is -0.120. The minimum Gasteiger partial charge on any atom is -0.481 e. The van der Waals surface area contributed by atoms with E-state index >= 15 is 0 Å². The number of benzene rings is 2. The van der Waals surface area contributed by atoms with Crippen LogP contribution in [0.25, 0.3) is 11.1 Å². The zero-order valence-corrected chi connectivity index (χ0v) is 14.1. The molecule has 1 N–H and O–H groups in total. The van der Waals surface area contributed by atoms with Crippen molar-refractivity contribution < 1.29 is 9.53 Å². The van der Waals surface area contributed by atoms with Crippen molar-refractivity contribution in [1.29, 1.82) is 0 Å². The lowest BCUT2D eigenvalue weighted by atomic mass is 10.0. The molecule has 1 amide bonds. The van der Waals surface area contributed by atoms with Crippen LogP contribution in [0, 0.1) is 0 Å². The van der Waals surface area contributed by atoms with Gasteiger partial charge in [0, 0.05) is 18.3 Å². The largest absolute Gasteiger partial charge is 0.481 e. The molecule has 1 aromatic heterocycles. The lowest BCUT2D eigenvalue weighted by Crippen LogP contribution is -2.24. The molecule has 0 radical (unpaired) electrons. The van der Waals surface area contributed by atoms with Crippen molar-refractivity contribution in [2.75, 3.05) is 7.11 Å². The monoisotopic (exact) mass is 332 g/mol. The van der Waals surface area contributed by atoms with Crippen LogP contribution in [-0.4, -0.2) is 18.0 Å². The van der Waals surface area contributed by atoms with Crippen LogP contribution in [0.5, 0.6) is 5.88 Å². The number of amides is 1. The van der Waals surface area contributed by atoms with Crippen molar-refractivity contribution in [2.24, 2.45) is 0 Å². The van der Waals surface area contributed by atoms with Crippen LogP contribution in [0.3, 0.4) is 0 Å². The summed E-state index contributed by atoms with van der Waals surface area (Å²) in [6, 6.07) is 22.0. The molecule has 3 aromatic rings. The third-order valence-corrected chi connectivity index (χ3v) is 3.95. The second-order valence-corrected chi connectivity index (χ2v) is 5.69. The molecule has 0 aliphatic heterocycles. The van der Waals surface area contributed by atoms with Crippen LogP contribution in [0.2, 0.25) is 0 Å². The summed E-state index contributed by atoms with van der Waals surface area (Å²) in [4.78, 5) is 16.3. The summed E-state index contributed by atoms with van der Waals surface area (Å²) in [5.41, 5.74) is 4.15. The summed E-state index contributed by atoms with van der Waals surface area (Å²) in [5.74, 6) is 0.508. The minimum absolute atomic E-state index is 0.0293. The summed E-state index contributed by atoms with van der Waals surface area (Å²) < 4.78 is 5.19. The Hall–Kier alpha value is -3.14. The highest BCUT2D eigenvalue weighted by molar-refractivity contribution is 5.79. The Bertz CT molecular complexity index is 830. The van der Waals surface area contributed by atoms with Gasteiger partial charge in [-0.2, -0.15) is 0 Å². The van der Waals surface area contributed by atoms with Crippen LogP contribution < -0.4 is 10.1 Å². The second-order valence-electron chi connectivity index (χ2n) is 5.69. The Morgan fingerprint density at radius 3 is 2.40 bits per heavy atom. The van der Waals surface area contributed by atoms with Gasteiger partial charge in [-0.1, -0.05) is 60.7 Å². The number of carbonyl (C=O) groups is 1. The third kappa shape index (κ3) is 4.44. The standard InChI is InChI=1S/C21H20N2O2/c1-25-21-19(8-5-13-22-21)15-23-20(24)14-16-9-11-18(12-10-16)17-6-3-2-4-7-17/h2-13H,14-15H2,1H3,(H,23,24). The molecule has 126 valence electrons. The summed E-state index contributed by atoms with van der Waals surface area (Å²) in [7, 11) is 1.57. The number of pyridine rings is 1. The third-order valence-electron chi connectivity index (χ3n) is 3.95. The zero-order chi connectivity index (χ0) is 17.5. The van der Waals surface area contributed by atoms with E-state index < -0.39 is 0 Å². The Kier molecular flexibility index (Phi) is 5.42. The fraction of sp³-hybridized carbons (Fsp3) is 0.143. The van der Waals surface area contributed by atoms with Gasteiger partial charge < -0.3 is 10.1 Å². The highest BCUT2D eigenvalue weighted by Crippen LogP contribution is 2.19. The van der Waals surface area contributed by atoms with Crippen LogP contribution in [0.4, 0.5) is 0 Å². The number of carbonyl (C=O) groups excluding carboxylic acids is 1. The van der Waals surface area contributed by atoms with Crippen LogP contribution >= 0.6 is 0 Å². The van der Waals surface area contributed by atoms with E-state index in [1.165, 1.54) is 5.56 Å². The molecule has 0 saturated carbocycles. The predicted octanol–water partition coefficient (Wildman–Crippen LogP) is 3.62. The number of nitrogens with one attached hydrogen (secondary N) is 1. The van der Waals surface area contributed by atoms with Gasteiger partial charge in [0.2, 0.25) is 11.8 Å². The van der Waals surface area contributed by atoms with Gasteiger partial charge in [-0.15, -0.1) is 0 Å². The van der Waals surface area contributed by atoms with E-state index in [1.807, 2.05) is 54.6 Å². The van der Waals surface area contributed by atoms with Crippen molar-refractivity contribution in [3.05, 3.63) is 84.1 Å². The number of rotatable bonds is 6. The van der Waals surface area contributed by atoms with Gasteiger partial charge in [0.05, 0.1) is 13.5 Å². The maximum Gasteiger partial charge on any atom is 0.224 e. The van der Waals surface area contributed by atoms with Crippen LogP contribution in [0.15, 0.2) is 72.9 Å². The molecule has 0 aliphatic carbocycles. The summed E-state index contributed by atoms with van der Waals surface area (Å²) >= 11 is 0. The van der Waals surface area contributed by atoms with Crippen molar-refractivity contribution in [2.45, 2.75) is 13.0 Å². The maximum atomic E-state index is 12.2. The molecular weight excluding hydrogens is 312 g/mol.